The van der Waals surface area contributed by atoms with E-state index in [0.29, 0.717) is 31.2 Å². The molecule has 0 amide bonds. The number of ether oxygens (including phenoxy) is 1. The van der Waals surface area contributed by atoms with E-state index >= 15 is 0 Å². The molecule has 1 heterocycles. The van der Waals surface area contributed by atoms with Gasteiger partial charge >= 0.3 is 5.97 Å². The number of hydrogen-bond acceptors (Lipinski definition) is 3. The van der Waals surface area contributed by atoms with Crippen molar-refractivity contribution < 1.29 is 19.4 Å². The Morgan fingerprint density at radius 2 is 1.55 bits per heavy atom. The number of hydrogen-bond donors (Lipinski definition) is 2. The van der Waals surface area contributed by atoms with Crippen LogP contribution < -0.4 is 4.74 Å². The second-order valence-corrected chi connectivity index (χ2v) is 8.37. The molecular weight excluding hydrogens is 414 g/mol. The number of ketones is 1. The molecule has 2 N–H and O–H groups in total. The number of aromatic amines is 1. The highest BCUT2D eigenvalue weighted by Crippen LogP contribution is 2.16. The number of rotatable bonds is 15. The van der Waals surface area contributed by atoms with E-state index < -0.39 is 5.97 Å². The van der Waals surface area contributed by atoms with Gasteiger partial charge in [0.15, 0.2) is 5.78 Å². The third kappa shape index (κ3) is 8.97. The van der Waals surface area contributed by atoms with Gasteiger partial charge in [-0.2, -0.15) is 0 Å². The summed E-state index contributed by atoms with van der Waals surface area (Å²) in [5.74, 6) is 0.157. The van der Waals surface area contributed by atoms with Gasteiger partial charge < -0.3 is 14.8 Å². The molecule has 3 rings (SSSR count). The van der Waals surface area contributed by atoms with Crippen molar-refractivity contribution in [3.63, 3.8) is 0 Å². The van der Waals surface area contributed by atoms with E-state index in [1.165, 1.54) is 12.0 Å². The average molecular weight is 448 g/mol. The number of carboxylic acids is 1. The topological polar surface area (TPSA) is 79.4 Å². The van der Waals surface area contributed by atoms with Crippen LogP contribution in [0.1, 0.15) is 65.7 Å². The normalized spacial score (nSPS) is 10.8. The van der Waals surface area contributed by atoms with Gasteiger partial charge in [0.2, 0.25) is 0 Å². The molecular formula is C28H33NO4. The van der Waals surface area contributed by atoms with E-state index in [-0.39, 0.29) is 12.2 Å². The van der Waals surface area contributed by atoms with Gasteiger partial charge in [-0.25, -0.2) is 0 Å². The number of H-pyrrole nitrogens is 1. The molecule has 0 aliphatic rings. The van der Waals surface area contributed by atoms with E-state index in [1.807, 2.05) is 36.4 Å². The largest absolute Gasteiger partial charge is 0.494 e. The van der Waals surface area contributed by atoms with Crippen LogP contribution in [0.15, 0.2) is 66.9 Å². The zero-order chi connectivity index (χ0) is 23.3. The number of aliphatic carboxylic acids is 1. The van der Waals surface area contributed by atoms with Gasteiger partial charge in [-0.3, -0.25) is 9.59 Å². The number of nitrogens with one attached hydrogen (secondary N) is 1. The molecule has 0 saturated carbocycles. The van der Waals surface area contributed by atoms with Crippen molar-refractivity contribution in [1.82, 2.24) is 4.98 Å². The van der Waals surface area contributed by atoms with Crippen LogP contribution >= 0.6 is 0 Å². The number of unbranched alkanes of at least 4 members (excludes halogenated alkanes) is 2. The van der Waals surface area contributed by atoms with Crippen LogP contribution in [0.4, 0.5) is 0 Å². The molecule has 0 bridgehead atoms. The first-order chi connectivity index (χ1) is 16.1. The summed E-state index contributed by atoms with van der Waals surface area (Å²) in [5.41, 5.74) is 4.06. The predicted octanol–water partition coefficient (Wildman–Crippen LogP) is 6.03. The highest BCUT2D eigenvalue weighted by atomic mass is 16.5. The zero-order valence-corrected chi connectivity index (χ0v) is 19.1. The predicted molar refractivity (Wildman–Crippen MR) is 130 cm³/mol. The number of benzene rings is 2. The lowest BCUT2D eigenvalue weighted by Gasteiger charge is -2.07. The maximum atomic E-state index is 12.5. The number of aromatic nitrogens is 1. The van der Waals surface area contributed by atoms with Gasteiger partial charge in [-0.1, -0.05) is 42.5 Å². The summed E-state index contributed by atoms with van der Waals surface area (Å²) in [7, 11) is 0. The molecule has 0 fully saturated rings. The Balaban J connectivity index is 1.31. The van der Waals surface area contributed by atoms with Crippen LogP contribution in [-0.2, 0) is 24.1 Å². The maximum absolute atomic E-state index is 12.5. The van der Waals surface area contributed by atoms with E-state index in [4.69, 9.17) is 9.84 Å². The third-order valence-electron chi connectivity index (χ3n) is 5.69. The summed E-state index contributed by atoms with van der Waals surface area (Å²) in [4.78, 5) is 26.1. The Morgan fingerprint density at radius 1 is 0.788 bits per heavy atom. The molecule has 0 spiro atoms. The van der Waals surface area contributed by atoms with Crippen LogP contribution in [0.2, 0.25) is 0 Å². The van der Waals surface area contributed by atoms with Gasteiger partial charge in [0.1, 0.15) is 5.75 Å². The number of carbonyl (C=O) groups excluding carboxylic acids is 1. The summed E-state index contributed by atoms with van der Waals surface area (Å²) in [6, 6.07) is 20.4. The Bertz CT molecular complexity index is 992. The Labute approximate surface area is 195 Å². The summed E-state index contributed by atoms with van der Waals surface area (Å²) in [5, 5.41) is 8.72. The first kappa shape index (κ1) is 24.3. The van der Waals surface area contributed by atoms with Crippen LogP contribution in [-0.4, -0.2) is 28.4 Å². The standard InChI is InChI=1S/C28H33NO4/c30-27(24-20-25(29-21-24)11-7-12-28(31)32)18-15-23-13-16-26(17-14-23)33-19-6-2-5-10-22-8-3-1-4-9-22/h1,3-4,8-9,13-14,16-17,20-21,29H,2,5-7,10-12,15,18-19H2,(H,31,32). The Hall–Kier alpha value is -3.34. The summed E-state index contributed by atoms with van der Waals surface area (Å²) in [6.45, 7) is 0.717. The number of Topliss-reactive ketones (excluding diaryl/α,β-unsaturated/α-hetero) is 1. The lowest BCUT2D eigenvalue weighted by Crippen LogP contribution is -2.00. The van der Waals surface area contributed by atoms with Crippen molar-refractivity contribution in [2.45, 2.75) is 57.8 Å². The molecule has 0 aliphatic carbocycles. The molecule has 0 saturated heterocycles. The van der Waals surface area contributed by atoms with Gasteiger partial charge in [-0.15, -0.1) is 0 Å². The molecule has 2 aromatic carbocycles. The van der Waals surface area contributed by atoms with Crippen LogP contribution in [0.3, 0.4) is 0 Å². The molecule has 1 aromatic heterocycles. The van der Waals surface area contributed by atoms with Gasteiger partial charge in [-0.05, 0) is 74.3 Å². The smallest absolute Gasteiger partial charge is 0.303 e. The number of carbonyl (C=O) groups is 2. The van der Waals surface area contributed by atoms with Gasteiger partial charge in [0.05, 0.1) is 6.61 Å². The number of aryl methyl sites for hydroxylation is 3. The zero-order valence-electron chi connectivity index (χ0n) is 19.1. The van der Waals surface area contributed by atoms with Gasteiger partial charge in [0.25, 0.3) is 0 Å². The van der Waals surface area contributed by atoms with Crippen molar-refractivity contribution in [2.75, 3.05) is 6.61 Å². The van der Waals surface area contributed by atoms with Crippen molar-refractivity contribution in [3.05, 3.63) is 89.2 Å². The van der Waals surface area contributed by atoms with E-state index in [2.05, 4.69) is 29.2 Å². The van der Waals surface area contributed by atoms with Crippen molar-refractivity contribution in [2.24, 2.45) is 0 Å². The third-order valence-corrected chi connectivity index (χ3v) is 5.69. The highest BCUT2D eigenvalue weighted by Gasteiger charge is 2.09. The van der Waals surface area contributed by atoms with Crippen molar-refractivity contribution in [1.29, 1.82) is 0 Å². The Morgan fingerprint density at radius 3 is 2.30 bits per heavy atom. The minimum atomic E-state index is -0.798. The molecule has 33 heavy (non-hydrogen) atoms. The van der Waals surface area contributed by atoms with Crippen LogP contribution in [0.5, 0.6) is 5.75 Å². The minimum Gasteiger partial charge on any atom is -0.494 e. The SMILES string of the molecule is O=C(O)CCCc1cc(C(=O)CCc2ccc(OCCCCCc3ccccc3)cc2)c[nH]1. The van der Waals surface area contributed by atoms with E-state index in [1.54, 1.807) is 6.20 Å². The lowest BCUT2D eigenvalue weighted by molar-refractivity contribution is -0.137. The first-order valence-electron chi connectivity index (χ1n) is 11.8. The lowest BCUT2D eigenvalue weighted by atomic mass is 10.0. The monoisotopic (exact) mass is 447 g/mol. The fourth-order valence-electron chi connectivity index (χ4n) is 3.77. The molecule has 0 unspecified atom stereocenters. The maximum Gasteiger partial charge on any atom is 0.303 e. The van der Waals surface area contributed by atoms with Crippen LogP contribution in [0.25, 0.3) is 0 Å². The van der Waals surface area contributed by atoms with Crippen molar-refractivity contribution in [3.8, 4) is 5.75 Å². The van der Waals surface area contributed by atoms with Crippen molar-refractivity contribution >= 4 is 11.8 Å². The average Bonchev–Trinajstić information content (AvgIpc) is 3.30. The molecule has 3 aromatic rings. The minimum absolute atomic E-state index is 0.0894. The molecule has 0 aliphatic heterocycles. The fourth-order valence-corrected chi connectivity index (χ4v) is 3.77. The molecule has 0 atom stereocenters. The van der Waals surface area contributed by atoms with E-state index in [9.17, 15) is 9.59 Å². The summed E-state index contributed by atoms with van der Waals surface area (Å²) >= 11 is 0. The molecule has 0 radical (unpaired) electrons. The van der Waals surface area contributed by atoms with E-state index in [0.717, 1.165) is 42.9 Å². The first-order valence-corrected chi connectivity index (χ1v) is 11.8. The highest BCUT2D eigenvalue weighted by molar-refractivity contribution is 5.96. The second-order valence-electron chi connectivity index (χ2n) is 8.37. The molecule has 174 valence electrons. The summed E-state index contributed by atoms with van der Waals surface area (Å²) < 4.78 is 5.85. The second kappa shape index (κ2) is 13.3. The summed E-state index contributed by atoms with van der Waals surface area (Å²) in [6.07, 6.45) is 8.64. The van der Waals surface area contributed by atoms with Crippen LogP contribution in [0, 0.1) is 0 Å². The Kier molecular flexibility index (Phi) is 9.77. The molecule has 5 nitrogen and oxygen atoms in total. The number of carboxylic acid groups (broad SMARTS) is 1. The van der Waals surface area contributed by atoms with Gasteiger partial charge in [0, 0.05) is 30.3 Å². The quantitative estimate of drug-likeness (QED) is 0.220. The fraction of sp³-hybridized carbons (Fsp3) is 0.357. The molecule has 5 heteroatoms.